The molecule has 0 N–H and O–H groups in total. The molecule has 0 aliphatic rings. The number of hydrogen-bond donors (Lipinski definition) is 0. The molecule has 0 spiro atoms. The van der Waals surface area contributed by atoms with Crippen LogP contribution in [0.1, 0.15) is 24.8 Å². The van der Waals surface area contributed by atoms with Crippen LogP contribution in [0, 0.1) is 13.7 Å². The van der Waals surface area contributed by atoms with Gasteiger partial charge in [-0.1, -0.05) is 18.2 Å². The summed E-state index contributed by atoms with van der Waals surface area (Å²) in [6.45, 7) is 1.27. The summed E-state index contributed by atoms with van der Waals surface area (Å²) in [5.74, 6) is -0.341. The van der Waals surface area contributed by atoms with Gasteiger partial charge in [0, 0.05) is 14.9 Å². The largest absolute Gasteiger partial charge is 0.300 e. The van der Waals surface area contributed by atoms with Gasteiger partial charge in [0.25, 0.3) is 0 Å². The zero-order valence-corrected chi connectivity index (χ0v) is 11.0. The first-order chi connectivity index (χ1) is 7.50. The molecular weight excluding hydrogens is 321 g/mol. The summed E-state index contributed by atoms with van der Waals surface area (Å²) in [7, 11) is 0. The first kappa shape index (κ1) is 13.1. The third kappa shape index (κ3) is 3.88. The lowest BCUT2D eigenvalue weighted by atomic mass is 9.94. The molecule has 4 nitrogen and oxygen atoms in total. The lowest BCUT2D eigenvalue weighted by Gasteiger charge is -2.13. The molecule has 1 rings (SSSR count). The highest BCUT2D eigenvalue weighted by Gasteiger charge is 2.21. The molecule has 86 valence electrons. The van der Waals surface area contributed by atoms with Crippen LogP contribution in [0.5, 0.6) is 0 Å². The molecule has 0 aliphatic carbocycles. The van der Waals surface area contributed by atoms with Crippen LogP contribution >= 0.6 is 22.6 Å². The number of hydrogen-bond acceptors (Lipinski definition) is 3. The quantitative estimate of drug-likeness (QED) is 0.473. The number of rotatable bonds is 5. The molecule has 0 unspecified atom stereocenters. The summed E-state index contributed by atoms with van der Waals surface area (Å²) in [6, 6.07) is 7.45. The molecule has 0 aliphatic heterocycles. The molecule has 0 aromatic heterocycles. The van der Waals surface area contributed by atoms with Crippen LogP contribution in [-0.4, -0.2) is 17.3 Å². The fourth-order valence-electron chi connectivity index (χ4n) is 1.61. The average molecular weight is 333 g/mol. The van der Waals surface area contributed by atoms with Gasteiger partial charge in [-0.05, 0) is 41.1 Å². The number of nitro groups is 1. The Labute approximate surface area is 107 Å². The van der Waals surface area contributed by atoms with Crippen molar-refractivity contribution in [1.82, 2.24) is 0 Å². The van der Waals surface area contributed by atoms with Crippen molar-refractivity contribution < 1.29 is 9.72 Å². The third-order valence-corrected chi connectivity index (χ3v) is 3.23. The van der Waals surface area contributed by atoms with Crippen LogP contribution in [-0.2, 0) is 4.79 Å². The molecule has 16 heavy (non-hydrogen) atoms. The van der Waals surface area contributed by atoms with Crippen molar-refractivity contribution in [3.8, 4) is 0 Å². The summed E-state index contributed by atoms with van der Waals surface area (Å²) in [5, 5.41) is 10.6. The Hall–Kier alpha value is -0.980. The molecule has 0 saturated heterocycles. The molecule has 1 aromatic carbocycles. The molecule has 0 bridgehead atoms. The molecular formula is C11H12INO3. The van der Waals surface area contributed by atoms with Crippen molar-refractivity contribution in [1.29, 1.82) is 0 Å². The van der Waals surface area contributed by atoms with Gasteiger partial charge in [-0.2, -0.15) is 0 Å². The summed E-state index contributed by atoms with van der Waals surface area (Å²) in [5.41, 5.74) is 0.884. The Morgan fingerprint density at radius 2 is 2.12 bits per heavy atom. The molecule has 1 aromatic rings. The molecule has 0 heterocycles. The molecule has 0 saturated carbocycles. The fourth-order valence-corrected chi connectivity index (χ4v) is 2.43. The van der Waals surface area contributed by atoms with Crippen molar-refractivity contribution in [2.24, 2.45) is 0 Å². The Kier molecular flexibility index (Phi) is 4.85. The second-order valence-electron chi connectivity index (χ2n) is 3.64. The Balaban J connectivity index is 2.96. The van der Waals surface area contributed by atoms with E-state index in [-0.39, 0.29) is 29.6 Å². The Morgan fingerprint density at radius 1 is 1.50 bits per heavy atom. The van der Waals surface area contributed by atoms with Gasteiger partial charge in [-0.3, -0.25) is 10.1 Å². The number of halogens is 1. The van der Waals surface area contributed by atoms with Crippen molar-refractivity contribution in [2.75, 3.05) is 6.54 Å². The van der Waals surface area contributed by atoms with Crippen molar-refractivity contribution in [3.05, 3.63) is 43.5 Å². The third-order valence-electron chi connectivity index (χ3n) is 2.25. The zero-order valence-electron chi connectivity index (χ0n) is 8.85. The van der Waals surface area contributed by atoms with E-state index in [4.69, 9.17) is 0 Å². The number of benzene rings is 1. The van der Waals surface area contributed by atoms with Crippen LogP contribution in [0.15, 0.2) is 24.3 Å². The van der Waals surface area contributed by atoms with E-state index in [0.717, 1.165) is 9.13 Å². The van der Waals surface area contributed by atoms with Crippen LogP contribution in [0.3, 0.4) is 0 Å². The normalized spacial score (nSPS) is 12.1. The summed E-state index contributed by atoms with van der Waals surface area (Å²) >= 11 is 2.14. The van der Waals surface area contributed by atoms with Gasteiger partial charge < -0.3 is 4.79 Å². The summed E-state index contributed by atoms with van der Waals surface area (Å²) in [4.78, 5) is 21.3. The first-order valence-corrected chi connectivity index (χ1v) is 5.94. The first-order valence-electron chi connectivity index (χ1n) is 4.86. The van der Waals surface area contributed by atoms with Crippen molar-refractivity contribution >= 4 is 28.4 Å². The van der Waals surface area contributed by atoms with Crippen molar-refractivity contribution in [2.45, 2.75) is 19.3 Å². The van der Waals surface area contributed by atoms with Gasteiger partial charge in [-0.15, -0.1) is 0 Å². The van der Waals surface area contributed by atoms with E-state index < -0.39 is 0 Å². The highest BCUT2D eigenvalue weighted by Crippen LogP contribution is 2.25. The van der Waals surface area contributed by atoms with Gasteiger partial charge >= 0.3 is 0 Å². The van der Waals surface area contributed by atoms with E-state index >= 15 is 0 Å². The zero-order chi connectivity index (χ0) is 12.1. The van der Waals surface area contributed by atoms with Gasteiger partial charge in [-0.25, -0.2) is 0 Å². The van der Waals surface area contributed by atoms with E-state index in [9.17, 15) is 14.9 Å². The van der Waals surface area contributed by atoms with Crippen LogP contribution in [0.4, 0.5) is 0 Å². The Bertz CT molecular complexity index is 390. The molecule has 5 heteroatoms. The van der Waals surface area contributed by atoms with Gasteiger partial charge in [0.15, 0.2) is 0 Å². The number of carbonyl (C=O) groups excluding carboxylic acids is 1. The number of Topliss-reactive ketones (excluding diaryl/α,β-unsaturated/α-hetero) is 1. The van der Waals surface area contributed by atoms with E-state index in [1.165, 1.54) is 6.92 Å². The number of nitrogens with zero attached hydrogens (tertiary/aromatic N) is 1. The second-order valence-corrected chi connectivity index (χ2v) is 4.80. The molecule has 1 atom stereocenters. The van der Waals surface area contributed by atoms with Crippen LogP contribution in [0.25, 0.3) is 0 Å². The lowest BCUT2D eigenvalue weighted by Crippen LogP contribution is -2.16. The minimum atomic E-state index is -0.364. The maximum absolute atomic E-state index is 11.1. The van der Waals surface area contributed by atoms with E-state index in [2.05, 4.69) is 22.6 Å². The van der Waals surface area contributed by atoms with E-state index in [1.807, 2.05) is 24.3 Å². The van der Waals surface area contributed by atoms with Gasteiger partial charge in [0.2, 0.25) is 6.54 Å². The summed E-state index contributed by atoms with van der Waals surface area (Å²) < 4.78 is 0.966. The molecule has 0 amide bonds. The van der Waals surface area contributed by atoms with Crippen LogP contribution in [0.2, 0.25) is 0 Å². The van der Waals surface area contributed by atoms with Crippen molar-refractivity contribution in [3.63, 3.8) is 0 Å². The van der Waals surface area contributed by atoms with Crippen LogP contribution < -0.4 is 0 Å². The van der Waals surface area contributed by atoms with E-state index in [1.54, 1.807) is 0 Å². The van der Waals surface area contributed by atoms with E-state index in [0.29, 0.717) is 0 Å². The van der Waals surface area contributed by atoms with Gasteiger partial charge in [0.1, 0.15) is 5.78 Å². The topological polar surface area (TPSA) is 60.2 Å². The average Bonchev–Trinajstić information content (AvgIpc) is 2.15. The maximum Gasteiger partial charge on any atom is 0.211 e. The SMILES string of the molecule is CC(=O)C[C@H](C[N+](=O)[O-])c1ccccc1I. The predicted molar refractivity (Wildman–Crippen MR) is 69.1 cm³/mol. The maximum atomic E-state index is 11.1. The number of carbonyl (C=O) groups is 1. The smallest absolute Gasteiger partial charge is 0.211 e. The fraction of sp³-hybridized carbons (Fsp3) is 0.364. The molecule has 0 fully saturated rings. The minimum absolute atomic E-state index is 0.0218. The minimum Gasteiger partial charge on any atom is -0.300 e. The second kappa shape index (κ2) is 5.93. The number of ketones is 1. The standard InChI is InChI=1S/C11H12INO3/c1-8(14)6-9(7-13(15)16)10-4-2-3-5-11(10)12/h2-5,9H,6-7H2,1H3/t9-/m1/s1. The highest BCUT2D eigenvalue weighted by molar-refractivity contribution is 14.1. The molecule has 0 radical (unpaired) electrons. The monoisotopic (exact) mass is 333 g/mol. The predicted octanol–water partition coefficient (Wildman–Crippen LogP) is 2.63. The lowest BCUT2D eigenvalue weighted by molar-refractivity contribution is -0.483. The van der Waals surface area contributed by atoms with Gasteiger partial charge in [0.05, 0.1) is 5.92 Å². The summed E-state index contributed by atoms with van der Waals surface area (Å²) in [6.07, 6.45) is 0.223. The Morgan fingerprint density at radius 3 is 2.62 bits per heavy atom. The highest BCUT2D eigenvalue weighted by atomic mass is 127.